The smallest absolute Gasteiger partial charge is 0.341 e. The van der Waals surface area contributed by atoms with Gasteiger partial charge in [-0.3, -0.25) is 9.59 Å². The van der Waals surface area contributed by atoms with Gasteiger partial charge in [0.1, 0.15) is 5.75 Å². The molecule has 7 nitrogen and oxygen atoms in total. The standard InChI is InChI=1S/C17H18N2O5S/c20-15(7-2-8-18-17(23)14-6-3-9-25-14)19-12-4-1-5-13(10-12)24-11-16(21)22/h1,3-6,9-10H,2,7-8,11H2,(H,18,23)(H,19,20)(H,21,22). The molecule has 3 N–H and O–H groups in total. The zero-order valence-corrected chi connectivity index (χ0v) is 14.2. The van der Waals surface area contributed by atoms with Gasteiger partial charge < -0.3 is 20.5 Å². The van der Waals surface area contributed by atoms with Crippen molar-refractivity contribution < 1.29 is 24.2 Å². The largest absolute Gasteiger partial charge is 0.482 e. The second-order valence-electron chi connectivity index (χ2n) is 5.10. The lowest BCUT2D eigenvalue weighted by molar-refractivity contribution is -0.139. The van der Waals surface area contributed by atoms with Crippen molar-refractivity contribution in [2.45, 2.75) is 12.8 Å². The topological polar surface area (TPSA) is 105 Å². The van der Waals surface area contributed by atoms with E-state index in [1.807, 2.05) is 5.38 Å². The molecule has 0 saturated carbocycles. The molecule has 0 aliphatic carbocycles. The van der Waals surface area contributed by atoms with Gasteiger partial charge in [-0.25, -0.2) is 4.79 Å². The second kappa shape index (κ2) is 9.43. The van der Waals surface area contributed by atoms with Crippen LogP contribution in [0.2, 0.25) is 0 Å². The summed E-state index contributed by atoms with van der Waals surface area (Å²) in [6.07, 6.45) is 0.767. The normalized spacial score (nSPS) is 10.1. The predicted molar refractivity (Wildman–Crippen MR) is 94.1 cm³/mol. The van der Waals surface area contributed by atoms with Crippen molar-refractivity contribution in [3.05, 3.63) is 46.7 Å². The first-order chi connectivity index (χ1) is 12.0. The van der Waals surface area contributed by atoms with Crippen molar-refractivity contribution in [3.8, 4) is 5.75 Å². The van der Waals surface area contributed by atoms with Crippen LogP contribution in [0.25, 0.3) is 0 Å². The van der Waals surface area contributed by atoms with E-state index in [4.69, 9.17) is 9.84 Å². The summed E-state index contributed by atoms with van der Waals surface area (Å²) >= 11 is 1.36. The maximum absolute atomic E-state index is 11.9. The number of benzene rings is 1. The Bertz CT molecular complexity index is 730. The Morgan fingerprint density at radius 3 is 2.72 bits per heavy atom. The number of thiophene rings is 1. The van der Waals surface area contributed by atoms with Gasteiger partial charge in [-0.15, -0.1) is 11.3 Å². The highest BCUT2D eigenvalue weighted by atomic mass is 32.1. The van der Waals surface area contributed by atoms with E-state index in [0.29, 0.717) is 29.3 Å². The highest BCUT2D eigenvalue weighted by Crippen LogP contribution is 2.17. The third-order valence-corrected chi connectivity index (χ3v) is 3.96. The molecule has 0 unspecified atom stereocenters. The molecule has 0 atom stereocenters. The summed E-state index contributed by atoms with van der Waals surface area (Å²) in [7, 11) is 0. The van der Waals surface area contributed by atoms with Crippen molar-refractivity contribution in [1.29, 1.82) is 0 Å². The van der Waals surface area contributed by atoms with Gasteiger partial charge in [0.05, 0.1) is 4.88 Å². The van der Waals surface area contributed by atoms with E-state index in [2.05, 4.69) is 10.6 Å². The van der Waals surface area contributed by atoms with E-state index < -0.39 is 12.6 Å². The molecule has 0 saturated heterocycles. The molecule has 0 fully saturated rings. The van der Waals surface area contributed by atoms with E-state index in [0.717, 1.165) is 0 Å². The van der Waals surface area contributed by atoms with Crippen molar-refractivity contribution in [1.82, 2.24) is 5.32 Å². The molecule has 0 aliphatic rings. The summed E-state index contributed by atoms with van der Waals surface area (Å²) in [4.78, 5) is 34.8. The minimum atomic E-state index is -1.07. The van der Waals surface area contributed by atoms with E-state index >= 15 is 0 Å². The Morgan fingerprint density at radius 2 is 2.00 bits per heavy atom. The molecule has 2 rings (SSSR count). The van der Waals surface area contributed by atoms with Crippen LogP contribution < -0.4 is 15.4 Å². The number of hydrogen-bond acceptors (Lipinski definition) is 5. The molecule has 0 bridgehead atoms. The molecule has 1 aromatic carbocycles. The maximum atomic E-state index is 11.9. The Labute approximate surface area is 148 Å². The van der Waals surface area contributed by atoms with Gasteiger partial charge in [0.15, 0.2) is 6.61 Å². The van der Waals surface area contributed by atoms with Crippen LogP contribution in [0.5, 0.6) is 5.75 Å². The van der Waals surface area contributed by atoms with E-state index in [1.54, 1.807) is 36.4 Å². The average Bonchev–Trinajstić information content (AvgIpc) is 3.12. The zero-order valence-electron chi connectivity index (χ0n) is 13.4. The Hall–Kier alpha value is -2.87. The lowest BCUT2D eigenvalue weighted by atomic mass is 10.2. The summed E-state index contributed by atoms with van der Waals surface area (Å²) in [6.45, 7) is -0.0345. The number of carboxylic acids is 1. The number of ether oxygens (including phenoxy) is 1. The number of hydrogen-bond donors (Lipinski definition) is 3. The van der Waals surface area contributed by atoms with Gasteiger partial charge in [0.2, 0.25) is 5.91 Å². The van der Waals surface area contributed by atoms with Crippen molar-refractivity contribution in [3.63, 3.8) is 0 Å². The lowest BCUT2D eigenvalue weighted by Gasteiger charge is -2.08. The van der Waals surface area contributed by atoms with Gasteiger partial charge in [0.25, 0.3) is 5.91 Å². The molecular formula is C17H18N2O5S. The second-order valence-corrected chi connectivity index (χ2v) is 6.04. The number of carboxylic acid groups (broad SMARTS) is 1. The Balaban J connectivity index is 1.70. The number of anilines is 1. The van der Waals surface area contributed by atoms with Gasteiger partial charge in [0, 0.05) is 24.7 Å². The van der Waals surface area contributed by atoms with Crippen LogP contribution in [0.3, 0.4) is 0 Å². The van der Waals surface area contributed by atoms with Gasteiger partial charge in [-0.05, 0) is 30.0 Å². The number of amides is 2. The minimum Gasteiger partial charge on any atom is -0.482 e. The van der Waals surface area contributed by atoms with Crippen LogP contribution in [-0.4, -0.2) is 36.0 Å². The first-order valence-electron chi connectivity index (χ1n) is 7.61. The highest BCUT2D eigenvalue weighted by molar-refractivity contribution is 7.12. The van der Waals surface area contributed by atoms with Crippen LogP contribution in [0.1, 0.15) is 22.5 Å². The summed E-state index contributed by atoms with van der Waals surface area (Å²) in [5, 5.41) is 15.9. The van der Waals surface area contributed by atoms with Gasteiger partial charge in [-0.1, -0.05) is 12.1 Å². The molecule has 0 radical (unpaired) electrons. The van der Waals surface area contributed by atoms with E-state index in [-0.39, 0.29) is 18.2 Å². The average molecular weight is 362 g/mol. The lowest BCUT2D eigenvalue weighted by Crippen LogP contribution is -2.24. The minimum absolute atomic E-state index is 0.140. The molecule has 132 valence electrons. The molecule has 0 aliphatic heterocycles. The number of carbonyl (C=O) groups is 3. The van der Waals surface area contributed by atoms with Crippen molar-refractivity contribution in [2.24, 2.45) is 0 Å². The summed E-state index contributed by atoms with van der Waals surface area (Å²) in [5.41, 5.74) is 0.524. The van der Waals surface area contributed by atoms with Crippen LogP contribution >= 0.6 is 11.3 Å². The van der Waals surface area contributed by atoms with Crippen LogP contribution in [0.4, 0.5) is 5.69 Å². The zero-order chi connectivity index (χ0) is 18.1. The van der Waals surface area contributed by atoms with Crippen LogP contribution in [0, 0.1) is 0 Å². The van der Waals surface area contributed by atoms with Crippen molar-refractivity contribution in [2.75, 3.05) is 18.5 Å². The number of nitrogens with one attached hydrogen (secondary N) is 2. The molecule has 1 heterocycles. The molecule has 25 heavy (non-hydrogen) atoms. The first-order valence-corrected chi connectivity index (χ1v) is 8.49. The van der Waals surface area contributed by atoms with E-state index in [9.17, 15) is 14.4 Å². The van der Waals surface area contributed by atoms with Crippen molar-refractivity contribution >= 4 is 34.8 Å². The van der Waals surface area contributed by atoms with Crippen LogP contribution in [0.15, 0.2) is 41.8 Å². The third-order valence-electron chi connectivity index (χ3n) is 3.09. The predicted octanol–water partition coefficient (Wildman–Crippen LogP) is 2.36. The molecule has 0 spiro atoms. The monoisotopic (exact) mass is 362 g/mol. The molecule has 8 heteroatoms. The molecule has 1 aromatic heterocycles. The SMILES string of the molecule is O=C(O)COc1cccc(NC(=O)CCCNC(=O)c2cccs2)c1. The summed E-state index contributed by atoms with van der Waals surface area (Å²) < 4.78 is 5.05. The fourth-order valence-electron chi connectivity index (χ4n) is 1.98. The fourth-order valence-corrected chi connectivity index (χ4v) is 2.62. The fraction of sp³-hybridized carbons (Fsp3) is 0.235. The highest BCUT2D eigenvalue weighted by Gasteiger charge is 2.07. The van der Waals surface area contributed by atoms with Gasteiger partial charge >= 0.3 is 5.97 Å². The summed E-state index contributed by atoms with van der Waals surface area (Å²) in [5.74, 6) is -1.04. The Kier molecular flexibility index (Phi) is 6.97. The first kappa shape index (κ1) is 18.5. The number of rotatable bonds is 9. The number of aliphatic carboxylic acids is 1. The molecule has 2 aromatic rings. The molecule has 2 amide bonds. The van der Waals surface area contributed by atoms with E-state index in [1.165, 1.54) is 11.3 Å². The Morgan fingerprint density at radius 1 is 1.16 bits per heavy atom. The maximum Gasteiger partial charge on any atom is 0.341 e. The molecular weight excluding hydrogens is 344 g/mol. The number of carbonyl (C=O) groups excluding carboxylic acids is 2. The quantitative estimate of drug-likeness (QED) is 0.594. The summed E-state index contributed by atoms with van der Waals surface area (Å²) in [6, 6.07) is 10.1. The third kappa shape index (κ3) is 6.64. The van der Waals surface area contributed by atoms with Gasteiger partial charge in [-0.2, -0.15) is 0 Å². The van der Waals surface area contributed by atoms with Crippen LogP contribution in [-0.2, 0) is 9.59 Å².